The third-order valence-electron chi connectivity index (χ3n) is 3.66. The van der Waals surface area contributed by atoms with Crippen LogP contribution in [-0.2, 0) is 4.79 Å². The molecule has 1 aliphatic heterocycles. The van der Waals surface area contributed by atoms with Gasteiger partial charge in [-0.25, -0.2) is 0 Å². The minimum atomic E-state index is -0.188. The van der Waals surface area contributed by atoms with Gasteiger partial charge in [0.1, 0.15) is 0 Å². The highest BCUT2D eigenvalue weighted by Crippen LogP contribution is 2.22. The number of amides is 2. The highest BCUT2D eigenvalue weighted by Gasteiger charge is 2.19. The molecule has 0 spiro atoms. The van der Waals surface area contributed by atoms with Gasteiger partial charge in [0.25, 0.3) is 5.91 Å². The molecule has 0 aliphatic carbocycles. The van der Waals surface area contributed by atoms with Crippen LogP contribution in [0.4, 0.5) is 0 Å². The number of H-pyrrole nitrogens is 1. The molecule has 6 nitrogen and oxygen atoms in total. The number of rotatable bonds is 6. The van der Waals surface area contributed by atoms with Gasteiger partial charge in [-0.1, -0.05) is 6.07 Å². The molecule has 0 bridgehead atoms. The maximum Gasteiger partial charge on any atom is 0.271 e. The minimum absolute atomic E-state index is 0.188. The Morgan fingerprint density at radius 3 is 3.14 bits per heavy atom. The van der Waals surface area contributed by atoms with Gasteiger partial charge in [0, 0.05) is 26.1 Å². The topological polar surface area (TPSA) is 78.1 Å². The van der Waals surface area contributed by atoms with Crippen LogP contribution in [0.1, 0.15) is 29.8 Å². The van der Waals surface area contributed by atoms with Crippen molar-refractivity contribution in [3.05, 3.63) is 29.3 Å². The summed E-state index contributed by atoms with van der Waals surface area (Å²) >= 11 is 1.60. The van der Waals surface area contributed by atoms with Crippen LogP contribution in [-0.4, -0.2) is 46.5 Å². The Morgan fingerprint density at radius 1 is 1.50 bits per heavy atom. The van der Waals surface area contributed by atoms with E-state index in [2.05, 4.69) is 15.5 Å². The van der Waals surface area contributed by atoms with Gasteiger partial charge in [0.05, 0.1) is 10.6 Å². The molecular weight excluding hydrogens is 300 g/mol. The number of aromatic nitrogens is 2. The lowest BCUT2D eigenvalue weighted by atomic mass is 10.3. The van der Waals surface area contributed by atoms with Gasteiger partial charge in [0.15, 0.2) is 5.69 Å². The number of hydrogen-bond donors (Lipinski definition) is 2. The van der Waals surface area contributed by atoms with Gasteiger partial charge in [-0.05, 0) is 30.4 Å². The molecule has 116 valence electrons. The molecule has 2 N–H and O–H groups in total. The van der Waals surface area contributed by atoms with E-state index in [1.54, 1.807) is 17.4 Å². The zero-order valence-electron chi connectivity index (χ0n) is 12.2. The number of nitrogens with zero attached hydrogens (tertiary/aromatic N) is 2. The second-order valence-corrected chi connectivity index (χ2v) is 6.19. The first kappa shape index (κ1) is 14.8. The fourth-order valence-electron chi connectivity index (χ4n) is 2.50. The standard InChI is InChI=1S/C15H18N4O2S/c20-14-5-1-7-19(14)8-3-6-16-15(21)12-10-11(17-18-12)13-4-2-9-22-13/h2,4,9-10H,1,3,5-8H2,(H,16,21)(H,17,18). The first-order valence-electron chi connectivity index (χ1n) is 7.39. The van der Waals surface area contributed by atoms with Crippen LogP contribution in [0.2, 0.25) is 0 Å². The van der Waals surface area contributed by atoms with E-state index in [-0.39, 0.29) is 11.8 Å². The van der Waals surface area contributed by atoms with Crippen molar-refractivity contribution in [2.45, 2.75) is 19.3 Å². The van der Waals surface area contributed by atoms with Crippen LogP contribution in [0.15, 0.2) is 23.6 Å². The molecule has 0 unspecified atom stereocenters. The van der Waals surface area contributed by atoms with Gasteiger partial charge in [-0.2, -0.15) is 5.10 Å². The fourth-order valence-corrected chi connectivity index (χ4v) is 3.19. The van der Waals surface area contributed by atoms with E-state index >= 15 is 0 Å². The second kappa shape index (κ2) is 6.74. The van der Waals surface area contributed by atoms with Gasteiger partial charge in [0.2, 0.25) is 5.91 Å². The molecule has 0 radical (unpaired) electrons. The summed E-state index contributed by atoms with van der Waals surface area (Å²) in [6.07, 6.45) is 2.37. The summed E-state index contributed by atoms with van der Waals surface area (Å²) in [5.41, 5.74) is 1.24. The van der Waals surface area contributed by atoms with Crippen molar-refractivity contribution in [3.8, 4) is 10.6 Å². The average molecular weight is 318 g/mol. The van der Waals surface area contributed by atoms with E-state index < -0.39 is 0 Å². The van der Waals surface area contributed by atoms with Gasteiger partial charge >= 0.3 is 0 Å². The van der Waals surface area contributed by atoms with E-state index in [0.29, 0.717) is 25.2 Å². The van der Waals surface area contributed by atoms with Crippen molar-refractivity contribution in [3.63, 3.8) is 0 Å². The van der Waals surface area contributed by atoms with E-state index in [0.717, 1.165) is 30.0 Å². The first-order valence-corrected chi connectivity index (χ1v) is 8.27. The molecule has 3 rings (SSSR count). The normalized spacial score (nSPS) is 14.5. The van der Waals surface area contributed by atoms with Gasteiger partial charge < -0.3 is 10.2 Å². The van der Waals surface area contributed by atoms with Crippen LogP contribution < -0.4 is 5.32 Å². The molecule has 0 aromatic carbocycles. The third kappa shape index (κ3) is 3.36. The quantitative estimate of drug-likeness (QED) is 0.798. The Morgan fingerprint density at radius 2 is 2.41 bits per heavy atom. The van der Waals surface area contributed by atoms with Crippen molar-refractivity contribution >= 4 is 23.2 Å². The van der Waals surface area contributed by atoms with Crippen LogP contribution in [0.25, 0.3) is 10.6 Å². The lowest BCUT2D eigenvalue weighted by molar-refractivity contribution is -0.127. The van der Waals surface area contributed by atoms with E-state index in [9.17, 15) is 9.59 Å². The smallest absolute Gasteiger partial charge is 0.271 e. The number of thiophene rings is 1. The second-order valence-electron chi connectivity index (χ2n) is 5.24. The highest BCUT2D eigenvalue weighted by atomic mass is 32.1. The van der Waals surface area contributed by atoms with Crippen LogP contribution in [0.3, 0.4) is 0 Å². The van der Waals surface area contributed by atoms with Crippen LogP contribution >= 0.6 is 11.3 Å². The number of carbonyl (C=O) groups excluding carboxylic acids is 2. The predicted molar refractivity (Wildman–Crippen MR) is 84.7 cm³/mol. The molecule has 2 aromatic heterocycles. The summed E-state index contributed by atoms with van der Waals surface area (Å²) < 4.78 is 0. The van der Waals surface area contributed by atoms with Crippen molar-refractivity contribution in [1.29, 1.82) is 0 Å². The summed E-state index contributed by atoms with van der Waals surface area (Å²) in [4.78, 5) is 26.4. The number of aromatic amines is 1. The lowest BCUT2D eigenvalue weighted by Gasteiger charge is -2.14. The molecule has 22 heavy (non-hydrogen) atoms. The Hall–Kier alpha value is -2.15. The van der Waals surface area contributed by atoms with Gasteiger partial charge in [-0.3, -0.25) is 14.7 Å². The van der Waals surface area contributed by atoms with Crippen molar-refractivity contribution < 1.29 is 9.59 Å². The molecule has 3 heterocycles. The van der Waals surface area contributed by atoms with E-state index in [4.69, 9.17) is 0 Å². The number of hydrogen-bond acceptors (Lipinski definition) is 4. The molecule has 2 aromatic rings. The SMILES string of the molecule is O=C(NCCCN1CCCC1=O)c1cc(-c2cccs2)[nH]n1. The summed E-state index contributed by atoms with van der Waals surface area (Å²) in [5, 5.41) is 11.7. The molecular formula is C15H18N4O2S. The Labute approximate surface area is 132 Å². The third-order valence-corrected chi connectivity index (χ3v) is 4.56. The maximum atomic E-state index is 12.0. The van der Waals surface area contributed by atoms with Gasteiger partial charge in [-0.15, -0.1) is 11.3 Å². The molecule has 0 atom stereocenters. The van der Waals surface area contributed by atoms with Crippen LogP contribution in [0.5, 0.6) is 0 Å². The van der Waals surface area contributed by atoms with E-state index in [1.807, 2.05) is 22.4 Å². The number of carbonyl (C=O) groups is 2. The van der Waals surface area contributed by atoms with Crippen molar-refractivity contribution in [1.82, 2.24) is 20.4 Å². The first-order chi connectivity index (χ1) is 10.7. The van der Waals surface area contributed by atoms with Crippen molar-refractivity contribution in [2.75, 3.05) is 19.6 Å². The number of likely N-dealkylation sites (tertiary alicyclic amines) is 1. The minimum Gasteiger partial charge on any atom is -0.351 e. The molecule has 0 saturated carbocycles. The molecule has 1 aliphatic rings. The highest BCUT2D eigenvalue weighted by molar-refractivity contribution is 7.13. The molecule has 2 amide bonds. The zero-order chi connectivity index (χ0) is 15.4. The molecule has 1 fully saturated rings. The Balaban J connectivity index is 1.45. The Kier molecular flexibility index (Phi) is 4.53. The summed E-state index contributed by atoms with van der Waals surface area (Å²) in [5.74, 6) is 0.0334. The molecule has 7 heteroatoms. The monoisotopic (exact) mass is 318 g/mol. The fraction of sp³-hybridized carbons (Fsp3) is 0.400. The Bertz CT molecular complexity index is 650. The largest absolute Gasteiger partial charge is 0.351 e. The van der Waals surface area contributed by atoms with Crippen LogP contribution in [0, 0.1) is 0 Å². The summed E-state index contributed by atoms with van der Waals surface area (Å²) in [6.45, 7) is 2.10. The molecule has 1 saturated heterocycles. The zero-order valence-corrected chi connectivity index (χ0v) is 13.0. The summed E-state index contributed by atoms with van der Waals surface area (Å²) in [7, 11) is 0. The van der Waals surface area contributed by atoms with E-state index in [1.165, 1.54) is 0 Å². The van der Waals surface area contributed by atoms with Crippen molar-refractivity contribution in [2.24, 2.45) is 0 Å². The predicted octanol–water partition coefficient (Wildman–Crippen LogP) is 1.88. The maximum absolute atomic E-state index is 12.0. The average Bonchev–Trinajstić information content (AvgIpc) is 3.24. The lowest BCUT2D eigenvalue weighted by Crippen LogP contribution is -2.30. The number of nitrogens with one attached hydrogen (secondary N) is 2. The summed E-state index contributed by atoms with van der Waals surface area (Å²) in [6, 6.07) is 5.69.